The van der Waals surface area contributed by atoms with Gasteiger partial charge < -0.3 is 10.6 Å². The molecule has 2 rings (SSSR count). The molecule has 0 aliphatic carbocycles. The summed E-state index contributed by atoms with van der Waals surface area (Å²) in [6.45, 7) is 2.92. The highest BCUT2D eigenvalue weighted by Gasteiger charge is 2.25. The van der Waals surface area contributed by atoms with E-state index in [9.17, 15) is 4.39 Å². The summed E-state index contributed by atoms with van der Waals surface area (Å²) < 4.78 is 13.9. The zero-order chi connectivity index (χ0) is 12.4. The molecule has 0 radical (unpaired) electrons. The van der Waals surface area contributed by atoms with Gasteiger partial charge in [-0.1, -0.05) is 0 Å². The maximum Gasteiger partial charge on any atom is 0.186 e. The standard InChI is InChI=1S/C11H16FN5/c1-7-9(12)11(16-6-15-7)17-4-2-3-8(5-17)10(13)14/h6,8H,2-5H2,1H3,(H3,13,14). The fourth-order valence-electron chi connectivity index (χ4n) is 2.09. The van der Waals surface area contributed by atoms with Crippen LogP contribution in [0.1, 0.15) is 18.5 Å². The summed E-state index contributed by atoms with van der Waals surface area (Å²) in [5, 5.41) is 7.46. The van der Waals surface area contributed by atoms with Crippen molar-refractivity contribution in [2.75, 3.05) is 18.0 Å². The highest BCUT2D eigenvalue weighted by Crippen LogP contribution is 2.24. The van der Waals surface area contributed by atoms with Crippen LogP contribution in [-0.2, 0) is 0 Å². The Bertz CT molecular complexity index is 434. The van der Waals surface area contributed by atoms with Crippen LogP contribution in [0.4, 0.5) is 10.2 Å². The van der Waals surface area contributed by atoms with E-state index in [0.29, 0.717) is 18.1 Å². The van der Waals surface area contributed by atoms with Crippen LogP contribution in [0.3, 0.4) is 0 Å². The number of amidine groups is 1. The predicted octanol–water partition coefficient (Wildman–Crippen LogP) is 1.08. The van der Waals surface area contributed by atoms with Crippen LogP contribution in [0.2, 0.25) is 0 Å². The molecular weight excluding hydrogens is 221 g/mol. The highest BCUT2D eigenvalue weighted by molar-refractivity contribution is 5.80. The first kappa shape index (κ1) is 11.8. The lowest BCUT2D eigenvalue weighted by Gasteiger charge is -2.33. The molecule has 1 saturated heterocycles. The number of halogens is 1. The first-order chi connectivity index (χ1) is 8.09. The van der Waals surface area contributed by atoms with Crippen LogP contribution in [0.5, 0.6) is 0 Å². The fourth-order valence-corrected chi connectivity index (χ4v) is 2.09. The van der Waals surface area contributed by atoms with Gasteiger partial charge in [0.25, 0.3) is 0 Å². The van der Waals surface area contributed by atoms with Crippen LogP contribution in [0.25, 0.3) is 0 Å². The number of aromatic nitrogens is 2. The van der Waals surface area contributed by atoms with Gasteiger partial charge in [-0.05, 0) is 19.8 Å². The van der Waals surface area contributed by atoms with Gasteiger partial charge in [0.2, 0.25) is 0 Å². The number of piperidine rings is 1. The Kier molecular flexibility index (Phi) is 3.21. The van der Waals surface area contributed by atoms with Gasteiger partial charge in [-0.3, -0.25) is 5.41 Å². The summed E-state index contributed by atoms with van der Waals surface area (Å²) in [7, 11) is 0. The van der Waals surface area contributed by atoms with Crippen molar-refractivity contribution >= 4 is 11.7 Å². The summed E-state index contributed by atoms with van der Waals surface area (Å²) in [4.78, 5) is 9.64. The maximum atomic E-state index is 13.9. The van der Waals surface area contributed by atoms with E-state index in [1.54, 1.807) is 6.92 Å². The van der Waals surface area contributed by atoms with E-state index in [1.165, 1.54) is 6.33 Å². The second-order valence-electron chi connectivity index (χ2n) is 4.34. The molecule has 1 atom stereocenters. The third-order valence-corrected chi connectivity index (χ3v) is 3.11. The zero-order valence-electron chi connectivity index (χ0n) is 9.78. The molecule has 2 heterocycles. The second-order valence-corrected chi connectivity index (χ2v) is 4.34. The monoisotopic (exact) mass is 237 g/mol. The van der Waals surface area contributed by atoms with Crippen molar-refractivity contribution in [3.05, 3.63) is 17.8 Å². The minimum absolute atomic E-state index is 0.00146. The van der Waals surface area contributed by atoms with E-state index in [0.717, 1.165) is 19.4 Å². The van der Waals surface area contributed by atoms with Gasteiger partial charge in [-0.25, -0.2) is 14.4 Å². The molecule has 1 aromatic rings. The molecule has 0 bridgehead atoms. The largest absolute Gasteiger partial charge is 0.387 e. The number of nitrogens with zero attached hydrogens (tertiary/aromatic N) is 3. The molecule has 1 fully saturated rings. The Morgan fingerprint density at radius 1 is 1.59 bits per heavy atom. The number of anilines is 1. The van der Waals surface area contributed by atoms with E-state index in [4.69, 9.17) is 11.1 Å². The van der Waals surface area contributed by atoms with E-state index >= 15 is 0 Å². The average Bonchev–Trinajstić information content (AvgIpc) is 2.33. The number of hydrogen-bond acceptors (Lipinski definition) is 4. The quantitative estimate of drug-likeness (QED) is 0.596. The third-order valence-electron chi connectivity index (χ3n) is 3.11. The van der Waals surface area contributed by atoms with Gasteiger partial charge in [0.15, 0.2) is 11.6 Å². The Balaban J connectivity index is 2.22. The molecule has 1 unspecified atom stereocenters. The van der Waals surface area contributed by atoms with E-state index < -0.39 is 0 Å². The lowest BCUT2D eigenvalue weighted by Crippen LogP contribution is -2.41. The zero-order valence-corrected chi connectivity index (χ0v) is 9.78. The van der Waals surface area contributed by atoms with Crippen LogP contribution >= 0.6 is 0 Å². The first-order valence-corrected chi connectivity index (χ1v) is 5.65. The smallest absolute Gasteiger partial charge is 0.186 e. The summed E-state index contributed by atoms with van der Waals surface area (Å²) in [5.74, 6) is 0.111. The van der Waals surface area contributed by atoms with Gasteiger partial charge in [0.05, 0.1) is 11.5 Å². The molecule has 6 heteroatoms. The van der Waals surface area contributed by atoms with Crippen molar-refractivity contribution in [2.24, 2.45) is 11.7 Å². The van der Waals surface area contributed by atoms with Gasteiger partial charge in [-0.15, -0.1) is 0 Å². The van der Waals surface area contributed by atoms with Gasteiger partial charge in [-0.2, -0.15) is 0 Å². The van der Waals surface area contributed by atoms with Gasteiger partial charge >= 0.3 is 0 Å². The number of hydrogen-bond donors (Lipinski definition) is 2. The number of nitrogens with two attached hydrogens (primary N) is 1. The normalized spacial score (nSPS) is 20.4. The third kappa shape index (κ3) is 2.35. The summed E-state index contributed by atoms with van der Waals surface area (Å²) >= 11 is 0. The topological polar surface area (TPSA) is 78.9 Å². The highest BCUT2D eigenvalue weighted by atomic mass is 19.1. The van der Waals surface area contributed by atoms with Crippen LogP contribution in [-0.4, -0.2) is 28.9 Å². The lowest BCUT2D eigenvalue weighted by atomic mass is 9.97. The van der Waals surface area contributed by atoms with Crippen LogP contribution < -0.4 is 10.6 Å². The molecule has 0 amide bonds. The first-order valence-electron chi connectivity index (χ1n) is 5.65. The van der Waals surface area contributed by atoms with Crippen molar-refractivity contribution in [1.82, 2.24) is 9.97 Å². The molecule has 1 aromatic heterocycles. The van der Waals surface area contributed by atoms with E-state index in [1.807, 2.05) is 4.90 Å². The van der Waals surface area contributed by atoms with Crippen molar-refractivity contribution < 1.29 is 4.39 Å². The summed E-state index contributed by atoms with van der Waals surface area (Å²) in [5.41, 5.74) is 5.85. The summed E-state index contributed by atoms with van der Waals surface area (Å²) in [6.07, 6.45) is 3.15. The number of aryl methyl sites for hydroxylation is 1. The molecule has 1 aliphatic rings. The van der Waals surface area contributed by atoms with Crippen molar-refractivity contribution in [1.29, 1.82) is 5.41 Å². The lowest BCUT2D eigenvalue weighted by molar-refractivity contribution is 0.488. The molecule has 3 N–H and O–H groups in total. The SMILES string of the molecule is Cc1ncnc(N2CCCC(C(=N)N)C2)c1F. The van der Waals surface area contributed by atoms with Crippen molar-refractivity contribution in [3.63, 3.8) is 0 Å². The number of nitrogens with one attached hydrogen (secondary N) is 1. The Morgan fingerprint density at radius 3 is 3.06 bits per heavy atom. The molecular formula is C11H16FN5. The molecule has 0 saturated carbocycles. The maximum absolute atomic E-state index is 13.9. The average molecular weight is 237 g/mol. The number of rotatable bonds is 2. The van der Waals surface area contributed by atoms with E-state index in [-0.39, 0.29) is 17.6 Å². The Labute approximate surface area is 99.4 Å². The van der Waals surface area contributed by atoms with Crippen LogP contribution in [0, 0.1) is 24.1 Å². The molecule has 1 aliphatic heterocycles. The minimum atomic E-state index is -0.378. The molecule has 17 heavy (non-hydrogen) atoms. The second kappa shape index (κ2) is 4.65. The molecule has 0 spiro atoms. The molecule has 5 nitrogen and oxygen atoms in total. The predicted molar refractivity (Wildman–Crippen MR) is 63.6 cm³/mol. The minimum Gasteiger partial charge on any atom is -0.387 e. The molecule has 0 aromatic carbocycles. The Hall–Kier alpha value is -1.72. The Morgan fingerprint density at radius 2 is 2.35 bits per heavy atom. The fraction of sp³-hybridized carbons (Fsp3) is 0.545. The van der Waals surface area contributed by atoms with Crippen LogP contribution in [0.15, 0.2) is 6.33 Å². The van der Waals surface area contributed by atoms with Crippen molar-refractivity contribution in [3.8, 4) is 0 Å². The van der Waals surface area contributed by atoms with E-state index in [2.05, 4.69) is 9.97 Å². The van der Waals surface area contributed by atoms with Gasteiger partial charge in [0, 0.05) is 19.0 Å². The summed E-state index contributed by atoms with van der Waals surface area (Å²) in [6, 6.07) is 0. The van der Waals surface area contributed by atoms with Crippen molar-refractivity contribution in [2.45, 2.75) is 19.8 Å². The molecule has 92 valence electrons. The van der Waals surface area contributed by atoms with Gasteiger partial charge in [0.1, 0.15) is 6.33 Å².